The topological polar surface area (TPSA) is 107 Å². The number of carboxylic acid groups (broad SMARTS) is 1. The summed E-state index contributed by atoms with van der Waals surface area (Å²) >= 11 is 0. The summed E-state index contributed by atoms with van der Waals surface area (Å²) in [6, 6.07) is 10.4. The lowest BCUT2D eigenvalue weighted by molar-refractivity contribution is 0.104. The van der Waals surface area contributed by atoms with Gasteiger partial charge in [-0.05, 0) is 72.4 Å². The van der Waals surface area contributed by atoms with Crippen LogP contribution in [0.1, 0.15) is 61.0 Å². The van der Waals surface area contributed by atoms with Gasteiger partial charge in [-0.1, -0.05) is 45.0 Å². The molecule has 4 rings (SSSR count). The molecule has 39 heavy (non-hydrogen) atoms. The van der Waals surface area contributed by atoms with Crippen molar-refractivity contribution < 1.29 is 23.8 Å². The molecule has 1 aromatic heterocycles. The fourth-order valence-corrected chi connectivity index (χ4v) is 5.30. The van der Waals surface area contributed by atoms with Crippen molar-refractivity contribution in [3.05, 3.63) is 94.1 Å². The number of aliphatic hydroxyl groups excluding tert-OH is 1. The van der Waals surface area contributed by atoms with E-state index in [0.29, 0.717) is 19.3 Å². The summed E-state index contributed by atoms with van der Waals surface area (Å²) in [6.45, 7) is 8.37. The zero-order chi connectivity index (χ0) is 28.4. The van der Waals surface area contributed by atoms with E-state index in [2.05, 4.69) is 59.6 Å². The van der Waals surface area contributed by atoms with Gasteiger partial charge in [0.1, 0.15) is 17.5 Å². The van der Waals surface area contributed by atoms with Gasteiger partial charge in [-0.2, -0.15) is 0 Å². The second kappa shape index (κ2) is 11.4. The van der Waals surface area contributed by atoms with E-state index in [1.54, 1.807) is 0 Å². The van der Waals surface area contributed by atoms with Crippen LogP contribution in [0.2, 0.25) is 0 Å². The highest BCUT2D eigenvalue weighted by atomic mass is 19.1. The average Bonchev–Trinajstić information content (AvgIpc) is 2.85. The Hall–Kier alpha value is -3.43. The van der Waals surface area contributed by atoms with E-state index in [1.165, 1.54) is 5.56 Å². The van der Waals surface area contributed by atoms with E-state index < -0.39 is 35.4 Å². The lowest BCUT2D eigenvalue weighted by Crippen LogP contribution is -2.54. The molecule has 4 N–H and O–H groups in total. The third-order valence-electron chi connectivity index (χ3n) is 7.44. The number of nitrogens with zero attached hydrogens (tertiary/aromatic N) is 2. The second-order valence-electron chi connectivity index (χ2n) is 11.5. The zero-order valence-corrected chi connectivity index (χ0v) is 22.8. The van der Waals surface area contributed by atoms with Crippen LogP contribution in [0.3, 0.4) is 0 Å². The lowest BCUT2D eigenvalue weighted by Gasteiger charge is -2.41. The molecule has 1 aliphatic carbocycles. The molecular formula is C30H36F2N4O3. The molecule has 0 radical (unpaired) electrons. The number of aliphatic hydroxyl groups is 1. The van der Waals surface area contributed by atoms with Crippen molar-refractivity contribution in [2.75, 3.05) is 6.54 Å². The van der Waals surface area contributed by atoms with E-state index in [0.717, 1.165) is 40.8 Å². The Kier molecular flexibility index (Phi) is 8.32. The first-order valence-corrected chi connectivity index (χ1v) is 13.1. The van der Waals surface area contributed by atoms with Crippen molar-refractivity contribution in [2.45, 2.75) is 76.5 Å². The van der Waals surface area contributed by atoms with Crippen LogP contribution in [-0.2, 0) is 30.2 Å². The molecule has 1 aliphatic rings. The van der Waals surface area contributed by atoms with Crippen LogP contribution in [0.15, 0.2) is 48.7 Å². The van der Waals surface area contributed by atoms with Gasteiger partial charge in [0.05, 0.1) is 12.1 Å². The number of carbonyl (C=O) groups is 1. The predicted octanol–water partition coefficient (Wildman–Crippen LogP) is 4.57. The number of amides is 1. The third-order valence-corrected chi connectivity index (χ3v) is 7.44. The van der Waals surface area contributed by atoms with Crippen LogP contribution in [0.5, 0.6) is 0 Å². The predicted molar refractivity (Wildman–Crippen MR) is 145 cm³/mol. The summed E-state index contributed by atoms with van der Waals surface area (Å²) in [4.78, 5) is 20.5. The number of halogens is 2. The van der Waals surface area contributed by atoms with E-state index in [9.17, 15) is 23.8 Å². The van der Waals surface area contributed by atoms with Gasteiger partial charge in [0, 0.05) is 30.0 Å². The number of hydrogen-bond donors (Lipinski definition) is 4. The molecule has 208 valence electrons. The Morgan fingerprint density at radius 2 is 1.87 bits per heavy atom. The van der Waals surface area contributed by atoms with Gasteiger partial charge in [-0.25, -0.2) is 23.5 Å². The first-order chi connectivity index (χ1) is 18.3. The SMILES string of the molecule is Cc1ncc2c(n1)CCC(NCC(O)C(Cc1cc(F)cc(F)c1)NC(=O)O)(c1cccc(C(C)(C)C)c1)C2. The Morgan fingerprint density at radius 1 is 1.15 bits per heavy atom. The van der Waals surface area contributed by atoms with Crippen LogP contribution in [0.25, 0.3) is 0 Å². The van der Waals surface area contributed by atoms with Crippen LogP contribution in [0, 0.1) is 18.6 Å². The summed E-state index contributed by atoms with van der Waals surface area (Å²) < 4.78 is 27.5. The van der Waals surface area contributed by atoms with Crippen LogP contribution in [-0.4, -0.2) is 45.0 Å². The maximum atomic E-state index is 13.8. The van der Waals surface area contributed by atoms with E-state index in [1.807, 2.05) is 19.2 Å². The van der Waals surface area contributed by atoms with Gasteiger partial charge in [-0.15, -0.1) is 0 Å². The number of rotatable bonds is 8. The molecule has 0 spiro atoms. The van der Waals surface area contributed by atoms with Crippen LogP contribution in [0.4, 0.5) is 13.6 Å². The highest BCUT2D eigenvalue weighted by molar-refractivity contribution is 5.65. The average molecular weight is 539 g/mol. The van der Waals surface area contributed by atoms with Crippen molar-refractivity contribution >= 4 is 6.09 Å². The molecule has 7 nitrogen and oxygen atoms in total. The van der Waals surface area contributed by atoms with Gasteiger partial charge in [0.15, 0.2) is 0 Å². The Balaban J connectivity index is 1.63. The number of hydrogen-bond acceptors (Lipinski definition) is 5. The molecular weight excluding hydrogens is 502 g/mol. The summed E-state index contributed by atoms with van der Waals surface area (Å²) in [5, 5.41) is 26.4. The van der Waals surface area contributed by atoms with Crippen molar-refractivity contribution in [1.82, 2.24) is 20.6 Å². The van der Waals surface area contributed by atoms with Gasteiger partial charge in [-0.3, -0.25) is 0 Å². The smallest absolute Gasteiger partial charge is 0.404 e. The van der Waals surface area contributed by atoms with Crippen LogP contribution < -0.4 is 10.6 Å². The van der Waals surface area contributed by atoms with Crippen molar-refractivity contribution in [1.29, 1.82) is 0 Å². The minimum absolute atomic E-state index is 0.0462. The van der Waals surface area contributed by atoms with Crippen LogP contribution >= 0.6 is 0 Å². The van der Waals surface area contributed by atoms with Gasteiger partial charge in [0.25, 0.3) is 0 Å². The first-order valence-electron chi connectivity index (χ1n) is 13.1. The normalized spacial score (nSPS) is 18.7. The van der Waals surface area contributed by atoms with Gasteiger partial charge in [0.2, 0.25) is 0 Å². The standard InChI is InChI=1S/C30H36F2N4O3/c1-18-33-16-20-15-30(9-8-25(20)35-18,22-7-5-6-21(13-22)29(2,3)4)34-17-27(37)26(36-28(38)39)12-19-10-23(31)14-24(32)11-19/h5-7,10-11,13-14,16,26-27,34,36-37H,8-9,12,15,17H2,1-4H3,(H,38,39). The molecule has 1 heterocycles. The largest absolute Gasteiger partial charge is 0.465 e. The number of fused-ring (bicyclic) bond motifs is 1. The molecule has 3 unspecified atom stereocenters. The highest BCUT2D eigenvalue weighted by Crippen LogP contribution is 2.37. The first kappa shape index (κ1) is 28.6. The molecule has 0 saturated heterocycles. The zero-order valence-electron chi connectivity index (χ0n) is 22.8. The number of nitrogens with one attached hydrogen (secondary N) is 2. The fraction of sp³-hybridized carbons (Fsp3) is 0.433. The quantitative estimate of drug-likeness (QED) is 0.335. The number of aryl methyl sites for hydroxylation is 2. The molecule has 1 amide bonds. The van der Waals surface area contributed by atoms with Crippen molar-refractivity contribution in [2.24, 2.45) is 0 Å². The summed E-state index contributed by atoms with van der Waals surface area (Å²) in [6.07, 6.45) is 1.28. The Morgan fingerprint density at radius 3 is 2.54 bits per heavy atom. The molecule has 0 saturated carbocycles. The molecule has 3 atom stereocenters. The Bertz CT molecular complexity index is 1320. The molecule has 0 aliphatic heterocycles. The maximum Gasteiger partial charge on any atom is 0.404 e. The highest BCUT2D eigenvalue weighted by Gasteiger charge is 2.38. The van der Waals surface area contributed by atoms with Crippen molar-refractivity contribution in [3.63, 3.8) is 0 Å². The lowest BCUT2D eigenvalue weighted by atomic mass is 9.73. The molecule has 0 bridgehead atoms. The maximum absolute atomic E-state index is 13.8. The number of aromatic nitrogens is 2. The summed E-state index contributed by atoms with van der Waals surface area (Å²) in [5.74, 6) is -0.805. The fourth-order valence-electron chi connectivity index (χ4n) is 5.30. The second-order valence-corrected chi connectivity index (χ2v) is 11.5. The number of benzene rings is 2. The molecule has 0 fully saturated rings. The van der Waals surface area contributed by atoms with E-state index in [-0.39, 0.29) is 23.9 Å². The Labute approximate surface area is 227 Å². The molecule has 3 aromatic rings. The molecule has 9 heteroatoms. The third kappa shape index (κ3) is 6.96. The monoisotopic (exact) mass is 538 g/mol. The van der Waals surface area contributed by atoms with Gasteiger partial charge < -0.3 is 20.8 Å². The summed E-state index contributed by atoms with van der Waals surface area (Å²) in [5.41, 5.74) is 3.87. The molecule has 2 aromatic carbocycles. The minimum atomic E-state index is -1.33. The minimum Gasteiger partial charge on any atom is -0.465 e. The van der Waals surface area contributed by atoms with Gasteiger partial charge >= 0.3 is 6.09 Å². The van der Waals surface area contributed by atoms with Crippen molar-refractivity contribution in [3.8, 4) is 0 Å². The van der Waals surface area contributed by atoms with E-state index in [4.69, 9.17) is 0 Å². The summed E-state index contributed by atoms with van der Waals surface area (Å²) in [7, 11) is 0. The van der Waals surface area contributed by atoms with E-state index >= 15 is 0 Å².